The largest absolute Gasteiger partial charge is 0.490 e. The lowest BCUT2D eigenvalue weighted by atomic mass is 10.1. The second-order valence-corrected chi connectivity index (χ2v) is 5.02. The summed E-state index contributed by atoms with van der Waals surface area (Å²) < 4.78 is 11.3. The molecule has 3 aromatic rings. The normalized spacial score (nSPS) is 10.5. The van der Waals surface area contributed by atoms with Gasteiger partial charge in [-0.15, -0.1) is 0 Å². The number of rotatable bonds is 7. The van der Waals surface area contributed by atoms with E-state index in [0.29, 0.717) is 19.8 Å². The van der Waals surface area contributed by atoms with Crippen LogP contribution in [0.4, 0.5) is 0 Å². The predicted molar refractivity (Wildman–Crippen MR) is 89.3 cm³/mol. The number of hydrogen-bond donors (Lipinski definition) is 2. The molecular weight excluding hydrogens is 290 g/mol. The molecule has 0 aliphatic heterocycles. The summed E-state index contributed by atoms with van der Waals surface area (Å²) >= 11 is 0. The van der Waals surface area contributed by atoms with Gasteiger partial charge >= 0.3 is 0 Å². The minimum atomic E-state index is 0.454. The zero-order valence-electron chi connectivity index (χ0n) is 12.7. The Morgan fingerprint density at radius 3 is 2.13 bits per heavy atom. The molecule has 5 heteroatoms. The minimum Gasteiger partial charge on any atom is -0.490 e. The van der Waals surface area contributed by atoms with Crippen LogP contribution in [-0.2, 0) is 6.54 Å². The van der Waals surface area contributed by atoms with Crippen molar-refractivity contribution in [2.45, 2.75) is 6.54 Å². The van der Waals surface area contributed by atoms with Crippen LogP contribution in [0, 0.1) is 0 Å². The standard InChI is InChI=1S/C18H19N3O2/c19-13-15-12-18(21-20-15)14-6-8-17(9-7-14)23-11-10-22-16-4-2-1-3-5-16/h1-9,12H,10-11,13,19H2,(H,20,21). The lowest BCUT2D eigenvalue weighted by molar-refractivity contribution is 0.217. The first kappa shape index (κ1) is 15.1. The fraction of sp³-hybridized carbons (Fsp3) is 0.167. The number of nitrogens with one attached hydrogen (secondary N) is 1. The lowest BCUT2D eigenvalue weighted by Gasteiger charge is -2.08. The van der Waals surface area contributed by atoms with Gasteiger partial charge in [0.1, 0.15) is 24.7 Å². The van der Waals surface area contributed by atoms with Gasteiger partial charge in [0.15, 0.2) is 0 Å². The summed E-state index contributed by atoms with van der Waals surface area (Å²) in [4.78, 5) is 0. The Hall–Kier alpha value is -2.79. The van der Waals surface area contributed by atoms with E-state index in [2.05, 4.69) is 10.2 Å². The van der Waals surface area contributed by atoms with Gasteiger partial charge in [-0.05, 0) is 42.5 Å². The van der Waals surface area contributed by atoms with E-state index in [9.17, 15) is 0 Å². The molecule has 0 saturated carbocycles. The lowest BCUT2D eigenvalue weighted by Crippen LogP contribution is -2.08. The molecule has 0 radical (unpaired) electrons. The SMILES string of the molecule is NCc1cc(-c2ccc(OCCOc3ccccc3)cc2)n[nH]1. The van der Waals surface area contributed by atoms with E-state index in [1.54, 1.807) is 0 Å². The Morgan fingerprint density at radius 2 is 1.52 bits per heavy atom. The number of H-pyrrole nitrogens is 1. The van der Waals surface area contributed by atoms with Gasteiger partial charge < -0.3 is 15.2 Å². The maximum absolute atomic E-state index is 5.67. The minimum absolute atomic E-state index is 0.454. The fourth-order valence-corrected chi connectivity index (χ4v) is 2.17. The van der Waals surface area contributed by atoms with E-state index in [0.717, 1.165) is 28.5 Å². The van der Waals surface area contributed by atoms with Crippen molar-refractivity contribution in [1.29, 1.82) is 0 Å². The van der Waals surface area contributed by atoms with Crippen LogP contribution in [0.2, 0.25) is 0 Å². The molecule has 2 aromatic carbocycles. The van der Waals surface area contributed by atoms with Gasteiger partial charge in [0.2, 0.25) is 0 Å². The van der Waals surface area contributed by atoms with Crippen molar-refractivity contribution in [3.05, 3.63) is 66.4 Å². The number of nitrogens with two attached hydrogens (primary N) is 1. The molecule has 0 atom stereocenters. The van der Waals surface area contributed by atoms with Crippen molar-refractivity contribution >= 4 is 0 Å². The maximum Gasteiger partial charge on any atom is 0.122 e. The van der Waals surface area contributed by atoms with E-state index >= 15 is 0 Å². The number of aromatic amines is 1. The summed E-state index contributed by atoms with van der Waals surface area (Å²) in [5.41, 5.74) is 8.39. The van der Waals surface area contributed by atoms with E-state index < -0.39 is 0 Å². The second kappa shape index (κ2) is 7.47. The molecular formula is C18H19N3O2. The zero-order chi connectivity index (χ0) is 15.9. The third-order valence-corrected chi connectivity index (χ3v) is 3.36. The molecule has 0 fully saturated rings. The maximum atomic E-state index is 5.67. The van der Waals surface area contributed by atoms with Crippen molar-refractivity contribution < 1.29 is 9.47 Å². The van der Waals surface area contributed by atoms with E-state index in [1.807, 2.05) is 60.7 Å². The highest BCUT2D eigenvalue weighted by atomic mass is 16.5. The molecule has 0 spiro atoms. The summed E-state index contributed by atoms with van der Waals surface area (Å²) in [5, 5.41) is 7.13. The van der Waals surface area contributed by atoms with Crippen molar-refractivity contribution in [3.63, 3.8) is 0 Å². The van der Waals surface area contributed by atoms with Gasteiger partial charge in [-0.1, -0.05) is 18.2 Å². The molecule has 1 aromatic heterocycles. The molecule has 3 N–H and O–H groups in total. The molecule has 0 unspecified atom stereocenters. The highest BCUT2D eigenvalue weighted by Crippen LogP contribution is 2.21. The van der Waals surface area contributed by atoms with Gasteiger partial charge in [0, 0.05) is 17.8 Å². The van der Waals surface area contributed by atoms with Gasteiger partial charge in [-0.2, -0.15) is 5.10 Å². The average molecular weight is 309 g/mol. The highest BCUT2D eigenvalue weighted by molar-refractivity contribution is 5.60. The molecule has 0 aliphatic carbocycles. The first-order chi connectivity index (χ1) is 11.3. The van der Waals surface area contributed by atoms with Crippen LogP contribution >= 0.6 is 0 Å². The van der Waals surface area contributed by atoms with Crippen LogP contribution in [0.3, 0.4) is 0 Å². The first-order valence-electron chi connectivity index (χ1n) is 7.50. The topological polar surface area (TPSA) is 73.2 Å². The average Bonchev–Trinajstić information content (AvgIpc) is 3.09. The molecule has 0 amide bonds. The van der Waals surface area contributed by atoms with Gasteiger partial charge in [0.25, 0.3) is 0 Å². The summed E-state index contributed by atoms with van der Waals surface area (Å²) in [6.07, 6.45) is 0. The number of nitrogens with zero attached hydrogens (tertiary/aromatic N) is 1. The van der Waals surface area contributed by atoms with Crippen molar-refractivity contribution in [1.82, 2.24) is 10.2 Å². The van der Waals surface area contributed by atoms with Crippen LogP contribution in [0.1, 0.15) is 5.69 Å². The molecule has 1 heterocycles. The summed E-state index contributed by atoms with van der Waals surface area (Å²) in [6, 6.07) is 19.4. The van der Waals surface area contributed by atoms with Gasteiger partial charge in [-0.3, -0.25) is 5.10 Å². The second-order valence-electron chi connectivity index (χ2n) is 5.02. The quantitative estimate of drug-likeness (QED) is 0.658. The molecule has 23 heavy (non-hydrogen) atoms. The van der Waals surface area contributed by atoms with Crippen molar-refractivity contribution in [3.8, 4) is 22.8 Å². The molecule has 5 nitrogen and oxygen atoms in total. The summed E-state index contributed by atoms with van der Waals surface area (Å²) in [6.45, 7) is 1.45. The third kappa shape index (κ3) is 4.11. The first-order valence-corrected chi connectivity index (χ1v) is 7.50. The summed E-state index contributed by atoms with van der Waals surface area (Å²) in [5.74, 6) is 1.65. The fourth-order valence-electron chi connectivity index (χ4n) is 2.17. The van der Waals surface area contributed by atoms with Crippen LogP contribution in [0.15, 0.2) is 60.7 Å². The Morgan fingerprint density at radius 1 is 0.870 bits per heavy atom. The third-order valence-electron chi connectivity index (χ3n) is 3.36. The van der Waals surface area contributed by atoms with Crippen LogP contribution in [0.25, 0.3) is 11.3 Å². The van der Waals surface area contributed by atoms with Crippen molar-refractivity contribution in [2.24, 2.45) is 5.73 Å². The van der Waals surface area contributed by atoms with Gasteiger partial charge in [-0.25, -0.2) is 0 Å². The Labute approximate surface area is 135 Å². The zero-order valence-corrected chi connectivity index (χ0v) is 12.7. The van der Waals surface area contributed by atoms with E-state index in [-0.39, 0.29) is 0 Å². The Bertz CT molecular complexity index is 724. The molecule has 0 saturated heterocycles. The summed E-state index contributed by atoms with van der Waals surface area (Å²) in [7, 11) is 0. The number of hydrogen-bond acceptors (Lipinski definition) is 4. The van der Waals surface area contributed by atoms with Crippen LogP contribution < -0.4 is 15.2 Å². The molecule has 0 aliphatic rings. The monoisotopic (exact) mass is 309 g/mol. The number of aromatic nitrogens is 2. The van der Waals surface area contributed by atoms with E-state index in [1.165, 1.54) is 0 Å². The Balaban J connectivity index is 1.49. The number of ether oxygens (including phenoxy) is 2. The molecule has 118 valence electrons. The number of benzene rings is 2. The predicted octanol–water partition coefficient (Wildman–Crippen LogP) is 2.99. The molecule has 3 rings (SSSR count). The highest BCUT2D eigenvalue weighted by Gasteiger charge is 2.03. The van der Waals surface area contributed by atoms with Crippen molar-refractivity contribution in [2.75, 3.05) is 13.2 Å². The van der Waals surface area contributed by atoms with Crippen LogP contribution in [-0.4, -0.2) is 23.4 Å². The smallest absolute Gasteiger partial charge is 0.122 e. The van der Waals surface area contributed by atoms with Crippen LogP contribution in [0.5, 0.6) is 11.5 Å². The van der Waals surface area contributed by atoms with E-state index in [4.69, 9.17) is 15.2 Å². The molecule has 0 bridgehead atoms. The Kier molecular flexibility index (Phi) is 4.91. The van der Waals surface area contributed by atoms with Gasteiger partial charge in [0.05, 0.1) is 5.69 Å². The number of para-hydroxylation sites is 1.